The van der Waals surface area contributed by atoms with Gasteiger partial charge in [-0.2, -0.15) is 0 Å². The maximum absolute atomic E-state index is 12.2. The average Bonchev–Trinajstić information content (AvgIpc) is 2.66. The molecule has 0 bridgehead atoms. The molecule has 0 unspecified atom stereocenters. The topological polar surface area (TPSA) is 72.9 Å². The number of benzene rings is 2. The van der Waals surface area contributed by atoms with E-state index in [2.05, 4.69) is 15.1 Å². The van der Waals surface area contributed by atoms with E-state index < -0.39 is 5.97 Å². The molecule has 27 heavy (non-hydrogen) atoms. The molecule has 142 valence electrons. The second-order valence-corrected chi connectivity index (χ2v) is 7.05. The number of carboxylic acid groups (broad SMARTS) is 1. The minimum atomic E-state index is -0.910. The third-order valence-corrected chi connectivity index (χ3v) is 4.82. The molecule has 2 aromatic carbocycles. The Balaban J connectivity index is 1.42. The molecule has 0 saturated carbocycles. The number of anilines is 1. The first-order valence-corrected chi connectivity index (χ1v) is 9.20. The molecule has 1 aliphatic heterocycles. The van der Waals surface area contributed by atoms with Gasteiger partial charge in [0.1, 0.15) is 0 Å². The molecule has 2 N–H and O–H groups in total. The fourth-order valence-electron chi connectivity index (χ4n) is 3.05. The summed E-state index contributed by atoms with van der Waals surface area (Å²) >= 11 is 5.85. The van der Waals surface area contributed by atoms with E-state index in [-0.39, 0.29) is 5.91 Å². The number of piperazine rings is 1. The van der Waals surface area contributed by atoms with Crippen LogP contribution in [0.25, 0.3) is 0 Å². The number of hydrogen-bond donors (Lipinski definition) is 2. The summed E-state index contributed by atoms with van der Waals surface area (Å²) in [5.41, 5.74) is 2.14. The summed E-state index contributed by atoms with van der Waals surface area (Å²) in [6, 6.07) is 14.0. The molecule has 0 aliphatic carbocycles. The Labute approximate surface area is 163 Å². The van der Waals surface area contributed by atoms with Crippen LogP contribution in [-0.4, -0.2) is 59.5 Å². The number of carboxylic acids is 1. The lowest BCUT2D eigenvalue weighted by Gasteiger charge is -2.34. The van der Waals surface area contributed by atoms with Crippen molar-refractivity contribution >= 4 is 29.2 Å². The van der Waals surface area contributed by atoms with Crippen LogP contribution in [0, 0.1) is 0 Å². The number of carbonyl (C=O) groups is 2. The molecule has 1 aliphatic rings. The number of nitrogens with zero attached hydrogens (tertiary/aromatic N) is 2. The summed E-state index contributed by atoms with van der Waals surface area (Å²) < 4.78 is 0. The summed E-state index contributed by atoms with van der Waals surface area (Å²) in [5, 5.41) is 12.5. The van der Waals surface area contributed by atoms with E-state index in [1.807, 2.05) is 12.1 Å². The lowest BCUT2D eigenvalue weighted by Crippen LogP contribution is -2.48. The van der Waals surface area contributed by atoms with Gasteiger partial charge in [0.2, 0.25) is 5.91 Å². The van der Waals surface area contributed by atoms with Gasteiger partial charge in [0.25, 0.3) is 0 Å². The molecular formula is C20H22ClN3O3. The van der Waals surface area contributed by atoms with Gasteiger partial charge in [-0.1, -0.05) is 23.7 Å². The van der Waals surface area contributed by atoms with Crippen LogP contribution < -0.4 is 5.32 Å². The summed E-state index contributed by atoms with van der Waals surface area (Å²) in [4.78, 5) is 27.5. The molecule has 1 saturated heterocycles. The molecular weight excluding hydrogens is 366 g/mol. The predicted molar refractivity (Wildman–Crippen MR) is 105 cm³/mol. The fraction of sp³-hybridized carbons (Fsp3) is 0.300. The van der Waals surface area contributed by atoms with E-state index in [1.54, 1.807) is 36.4 Å². The average molecular weight is 388 g/mol. The van der Waals surface area contributed by atoms with E-state index in [4.69, 9.17) is 16.7 Å². The van der Waals surface area contributed by atoms with E-state index in [9.17, 15) is 9.59 Å². The van der Waals surface area contributed by atoms with Gasteiger partial charge in [-0.25, -0.2) is 4.79 Å². The molecule has 1 amide bonds. The quantitative estimate of drug-likeness (QED) is 0.797. The van der Waals surface area contributed by atoms with E-state index in [1.165, 1.54) is 0 Å². The number of carbonyl (C=O) groups excluding carboxylic acids is 1. The highest BCUT2D eigenvalue weighted by Gasteiger charge is 2.19. The lowest BCUT2D eigenvalue weighted by molar-refractivity contribution is -0.117. The van der Waals surface area contributed by atoms with Crippen molar-refractivity contribution in [2.75, 3.05) is 38.0 Å². The highest BCUT2D eigenvalue weighted by molar-refractivity contribution is 6.30. The van der Waals surface area contributed by atoms with Crippen molar-refractivity contribution in [3.05, 3.63) is 64.7 Å². The third-order valence-electron chi connectivity index (χ3n) is 4.57. The van der Waals surface area contributed by atoms with E-state index in [0.717, 1.165) is 44.0 Å². The van der Waals surface area contributed by atoms with Crippen molar-refractivity contribution in [1.82, 2.24) is 9.80 Å². The van der Waals surface area contributed by atoms with Gasteiger partial charge >= 0.3 is 5.97 Å². The molecule has 2 aromatic rings. The Morgan fingerprint density at radius 2 is 1.52 bits per heavy atom. The first-order valence-electron chi connectivity index (χ1n) is 8.82. The van der Waals surface area contributed by atoms with Crippen molar-refractivity contribution in [1.29, 1.82) is 0 Å². The van der Waals surface area contributed by atoms with Crippen LogP contribution in [0.4, 0.5) is 5.69 Å². The standard InChI is InChI=1S/C20H22ClN3O3/c21-17-5-7-18(8-6-17)22-19(25)14-24-11-9-23(10-12-24)13-15-1-3-16(4-2-15)20(26)27/h1-8H,9-14H2,(H,22,25)(H,26,27). The second kappa shape index (κ2) is 8.99. The van der Waals surface area contributed by atoms with Crippen molar-refractivity contribution in [3.8, 4) is 0 Å². The van der Waals surface area contributed by atoms with Gasteiger partial charge in [-0.05, 0) is 42.0 Å². The highest BCUT2D eigenvalue weighted by atomic mass is 35.5. The largest absolute Gasteiger partial charge is 0.478 e. The van der Waals surface area contributed by atoms with Gasteiger partial charge in [-0.15, -0.1) is 0 Å². The zero-order valence-electron chi connectivity index (χ0n) is 14.9. The van der Waals surface area contributed by atoms with Crippen LogP contribution in [0.2, 0.25) is 5.02 Å². The molecule has 3 rings (SSSR count). The zero-order valence-corrected chi connectivity index (χ0v) is 15.7. The number of aromatic carboxylic acids is 1. The van der Waals surface area contributed by atoms with Crippen molar-refractivity contribution in [2.24, 2.45) is 0 Å². The monoisotopic (exact) mass is 387 g/mol. The van der Waals surface area contributed by atoms with Crippen LogP contribution in [0.1, 0.15) is 15.9 Å². The van der Waals surface area contributed by atoms with Gasteiger partial charge < -0.3 is 10.4 Å². The van der Waals surface area contributed by atoms with Crippen LogP contribution >= 0.6 is 11.6 Å². The maximum Gasteiger partial charge on any atom is 0.335 e. The minimum Gasteiger partial charge on any atom is -0.478 e. The minimum absolute atomic E-state index is 0.0324. The van der Waals surface area contributed by atoms with E-state index >= 15 is 0 Å². The van der Waals surface area contributed by atoms with Crippen molar-refractivity contribution in [3.63, 3.8) is 0 Å². The van der Waals surface area contributed by atoms with E-state index in [0.29, 0.717) is 17.1 Å². The van der Waals surface area contributed by atoms with Crippen molar-refractivity contribution < 1.29 is 14.7 Å². The number of nitrogens with one attached hydrogen (secondary N) is 1. The summed E-state index contributed by atoms with van der Waals surface area (Å²) in [6.07, 6.45) is 0. The second-order valence-electron chi connectivity index (χ2n) is 6.61. The Hall–Kier alpha value is -2.41. The zero-order chi connectivity index (χ0) is 19.2. The number of hydrogen-bond acceptors (Lipinski definition) is 4. The predicted octanol–water partition coefficient (Wildman–Crippen LogP) is 2.79. The molecule has 6 nitrogen and oxygen atoms in total. The van der Waals surface area contributed by atoms with Gasteiger partial charge in [-0.3, -0.25) is 14.6 Å². The molecule has 7 heteroatoms. The third kappa shape index (κ3) is 5.79. The number of amides is 1. The van der Waals surface area contributed by atoms with Gasteiger partial charge in [0, 0.05) is 43.4 Å². The normalized spacial score (nSPS) is 15.4. The number of rotatable bonds is 6. The highest BCUT2D eigenvalue weighted by Crippen LogP contribution is 2.14. The fourth-order valence-corrected chi connectivity index (χ4v) is 3.18. The Morgan fingerprint density at radius 1 is 0.926 bits per heavy atom. The van der Waals surface area contributed by atoms with Crippen molar-refractivity contribution in [2.45, 2.75) is 6.54 Å². The lowest BCUT2D eigenvalue weighted by atomic mass is 10.1. The first-order chi connectivity index (χ1) is 13.0. The number of halogens is 1. The summed E-state index contributed by atoms with van der Waals surface area (Å²) in [7, 11) is 0. The molecule has 0 atom stereocenters. The molecule has 0 radical (unpaired) electrons. The molecule has 0 aromatic heterocycles. The SMILES string of the molecule is O=C(CN1CCN(Cc2ccc(C(=O)O)cc2)CC1)Nc1ccc(Cl)cc1. The summed E-state index contributed by atoms with van der Waals surface area (Å²) in [6.45, 7) is 4.53. The van der Waals surface area contributed by atoms with Gasteiger partial charge in [0.05, 0.1) is 12.1 Å². The molecule has 1 heterocycles. The van der Waals surface area contributed by atoms with Crippen LogP contribution in [0.15, 0.2) is 48.5 Å². The first kappa shape index (κ1) is 19.4. The van der Waals surface area contributed by atoms with Crippen LogP contribution in [0.3, 0.4) is 0 Å². The summed E-state index contributed by atoms with van der Waals surface area (Å²) in [5.74, 6) is -0.943. The molecule has 0 spiro atoms. The Bertz CT molecular complexity index is 785. The molecule has 1 fully saturated rings. The smallest absolute Gasteiger partial charge is 0.335 e. The Kier molecular flexibility index (Phi) is 6.45. The maximum atomic E-state index is 12.2. The Morgan fingerprint density at radius 3 is 2.11 bits per heavy atom. The van der Waals surface area contributed by atoms with Gasteiger partial charge in [0.15, 0.2) is 0 Å². The van der Waals surface area contributed by atoms with Crippen LogP contribution in [0.5, 0.6) is 0 Å². The van der Waals surface area contributed by atoms with Crippen LogP contribution in [-0.2, 0) is 11.3 Å².